The van der Waals surface area contributed by atoms with Crippen LogP contribution in [0, 0.1) is 12.7 Å². The van der Waals surface area contributed by atoms with Gasteiger partial charge in [-0.3, -0.25) is 0 Å². The molecule has 0 aliphatic rings. The maximum absolute atomic E-state index is 13.3. The van der Waals surface area contributed by atoms with Gasteiger partial charge in [-0.2, -0.15) is 0 Å². The molecule has 0 fully saturated rings. The van der Waals surface area contributed by atoms with E-state index in [0.29, 0.717) is 18.5 Å². The Kier molecular flexibility index (Phi) is 4.24. The number of hydrogen-bond acceptors (Lipinski definition) is 2. The van der Waals surface area contributed by atoms with Crippen molar-refractivity contribution in [3.8, 4) is 0 Å². The molecule has 0 aliphatic carbocycles. The van der Waals surface area contributed by atoms with Crippen molar-refractivity contribution < 1.29 is 9.50 Å². The van der Waals surface area contributed by atoms with Crippen molar-refractivity contribution >= 4 is 0 Å². The molecule has 0 aliphatic heterocycles. The van der Waals surface area contributed by atoms with E-state index >= 15 is 0 Å². The van der Waals surface area contributed by atoms with E-state index in [9.17, 15) is 9.50 Å². The minimum Gasteiger partial charge on any atom is -0.393 e. The maximum atomic E-state index is 13.3. The van der Waals surface area contributed by atoms with Gasteiger partial charge in [-0.15, -0.1) is 0 Å². The van der Waals surface area contributed by atoms with E-state index in [2.05, 4.69) is 0 Å². The lowest BCUT2D eigenvalue weighted by molar-refractivity contribution is 0.175. The third kappa shape index (κ3) is 3.29. The fourth-order valence-corrected chi connectivity index (χ4v) is 1.64. The first-order valence-electron chi connectivity index (χ1n) is 5.18. The second-order valence-electron chi connectivity index (χ2n) is 4.03. The van der Waals surface area contributed by atoms with Gasteiger partial charge in [0.15, 0.2) is 0 Å². The van der Waals surface area contributed by atoms with Gasteiger partial charge in [0.1, 0.15) is 5.82 Å². The van der Waals surface area contributed by atoms with E-state index < -0.39 is 6.10 Å². The molecule has 2 atom stereocenters. The van der Waals surface area contributed by atoms with Gasteiger partial charge in [-0.05, 0) is 49.9 Å². The number of aliphatic hydroxyl groups is 1. The molecule has 1 rings (SSSR count). The summed E-state index contributed by atoms with van der Waals surface area (Å²) in [5.74, 6) is -0.184. The maximum Gasteiger partial charge on any atom is 0.126 e. The molecule has 3 heteroatoms. The Bertz CT molecular complexity index is 325. The highest BCUT2D eigenvalue weighted by Gasteiger charge is 2.13. The summed E-state index contributed by atoms with van der Waals surface area (Å²) in [6.07, 6.45) is 0.154. The number of nitrogens with two attached hydrogens (primary N) is 1. The fourth-order valence-electron chi connectivity index (χ4n) is 1.64. The molecule has 0 saturated carbocycles. The molecule has 0 saturated heterocycles. The summed E-state index contributed by atoms with van der Waals surface area (Å²) in [5.41, 5.74) is 7.10. The van der Waals surface area contributed by atoms with Gasteiger partial charge in [-0.25, -0.2) is 4.39 Å². The van der Waals surface area contributed by atoms with Crippen molar-refractivity contribution in [2.24, 2.45) is 5.73 Å². The SMILES string of the molecule is Cc1ccc(C(CN)CC(C)O)cc1F. The Balaban J connectivity index is 2.87. The van der Waals surface area contributed by atoms with Crippen LogP contribution in [0.3, 0.4) is 0 Å². The summed E-state index contributed by atoms with van der Waals surface area (Å²) >= 11 is 0. The van der Waals surface area contributed by atoms with Crippen LogP contribution in [0.25, 0.3) is 0 Å². The van der Waals surface area contributed by atoms with Crippen LogP contribution in [0.15, 0.2) is 18.2 Å². The van der Waals surface area contributed by atoms with Gasteiger partial charge in [0, 0.05) is 0 Å². The molecule has 2 unspecified atom stereocenters. The van der Waals surface area contributed by atoms with Crippen molar-refractivity contribution in [1.82, 2.24) is 0 Å². The molecule has 3 N–H and O–H groups in total. The van der Waals surface area contributed by atoms with Crippen molar-refractivity contribution in [1.29, 1.82) is 0 Å². The fraction of sp³-hybridized carbons (Fsp3) is 0.500. The third-order valence-corrected chi connectivity index (χ3v) is 2.58. The molecule has 0 spiro atoms. The van der Waals surface area contributed by atoms with Crippen LogP contribution in [-0.2, 0) is 0 Å². The molecule has 1 aromatic carbocycles. The highest BCUT2D eigenvalue weighted by molar-refractivity contribution is 5.26. The van der Waals surface area contributed by atoms with Gasteiger partial charge in [0.2, 0.25) is 0 Å². The van der Waals surface area contributed by atoms with Crippen LogP contribution >= 0.6 is 0 Å². The Morgan fingerprint density at radius 3 is 2.60 bits per heavy atom. The lowest BCUT2D eigenvalue weighted by atomic mass is 9.93. The second kappa shape index (κ2) is 5.24. The molecular formula is C12H18FNO. The average Bonchev–Trinajstić information content (AvgIpc) is 2.18. The zero-order valence-electron chi connectivity index (χ0n) is 9.20. The van der Waals surface area contributed by atoms with Crippen molar-refractivity contribution in [3.63, 3.8) is 0 Å². The van der Waals surface area contributed by atoms with Crippen LogP contribution in [0.2, 0.25) is 0 Å². The lowest BCUT2D eigenvalue weighted by Gasteiger charge is -2.17. The first-order chi connectivity index (χ1) is 7.04. The number of hydrogen-bond donors (Lipinski definition) is 2. The van der Waals surface area contributed by atoms with Crippen LogP contribution in [0.4, 0.5) is 4.39 Å². The van der Waals surface area contributed by atoms with E-state index in [0.717, 1.165) is 5.56 Å². The van der Waals surface area contributed by atoms with Crippen molar-refractivity contribution in [2.75, 3.05) is 6.54 Å². The molecule has 0 heterocycles. The molecule has 0 aromatic heterocycles. The zero-order valence-corrected chi connectivity index (χ0v) is 9.20. The first-order valence-corrected chi connectivity index (χ1v) is 5.18. The summed E-state index contributed by atoms with van der Waals surface area (Å²) in [7, 11) is 0. The second-order valence-corrected chi connectivity index (χ2v) is 4.03. The number of aryl methyl sites for hydroxylation is 1. The van der Waals surface area contributed by atoms with E-state index in [1.165, 1.54) is 6.07 Å². The van der Waals surface area contributed by atoms with Gasteiger partial charge in [0.05, 0.1) is 6.10 Å². The molecule has 1 aromatic rings. The Morgan fingerprint density at radius 1 is 1.47 bits per heavy atom. The lowest BCUT2D eigenvalue weighted by Crippen LogP contribution is -2.17. The predicted octanol–water partition coefficient (Wildman–Crippen LogP) is 1.95. The van der Waals surface area contributed by atoms with Crippen LogP contribution in [-0.4, -0.2) is 17.8 Å². The smallest absolute Gasteiger partial charge is 0.126 e. The Labute approximate surface area is 89.9 Å². The topological polar surface area (TPSA) is 46.2 Å². The highest BCUT2D eigenvalue weighted by atomic mass is 19.1. The summed E-state index contributed by atoms with van der Waals surface area (Å²) in [6, 6.07) is 5.13. The molecule has 84 valence electrons. The largest absolute Gasteiger partial charge is 0.393 e. The average molecular weight is 211 g/mol. The summed E-state index contributed by atoms with van der Waals surface area (Å²) in [5, 5.41) is 9.29. The predicted molar refractivity (Wildman–Crippen MR) is 59.2 cm³/mol. The normalized spacial score (nSPS) is 15.0. The molecular weight excluding hydrogens is 193 g/mol. The van der Waals surface area contributed by atoms with Gasteiger partial charge < -0.3 is 10.8 Å². The van der Waals surface area contributed by atoms with Crippen LogP contribution in [0.5, 0.6) is 0 Å². The van der Waals surface area contributed by atoms with Gasteiger partial charge in [0.25, 0.3) is 0 Å². The minimum absolute atomic E-state index is 0.0279. The standard InChI is InChI=1S/C12H18FNO/c1-8-3-4-10(6-12(8)13)11(7-14)5-9(2)15/h3-4,6,9,11,15H,5,7,14H2,1-2H3. The van der Waals surface area contributed by atoms with Crippen LogP contribution in [0.1, 0.15) is 30.4 Å². The summed E-state index contributed by atoms with van der Waals surface area (Å²) < 4.78 is 13.3. The highest BCUT2D eigenvalue weighted by Crippen LogP contribution is 2.22. The monoisotopic (exact) mass is 211 g/mol. The third-order valence-electron chi connectivity index (χ3n) is 2.58. The van der Waals surface area contributed by atoms with Crippen molar-refractivity contribution in [2.45, 2.75) is 32.3 Å². The Hall–Kier alpha value is -0.930. The molecule has 2 nitrogen and oxygen atoms in total. The van der Waals surface area contributed by atoms with Crippen molar-refractivity contribution in [3.05, 3.63) is 35.1 Å². The van der Waals surface area contributed by atoms with E-state index in [1.54, 1.807) is 19.9 Å². The quantitative estimate of drug-likeness (QED) is 0.799. The van der Waals surface area contributed by atoms with E-state index in [4.69, 9.17) is 5.73 Å². The van der Waals surface area contributed by atoms with Gasteiger partial charge in [-0.1, -0.05) is 12.1 Å². The van der Waals surface area contributed by atoms with E-state index in [-0.39, 0.29) is 11.7 Å². The minimum atomic E-state index is -0.414. The number of benzene rings is 1. The number of rotatable bonds is 4. The Morgan fingerprint density at radius 2 is 2.13 bits per heavy atom. The van der Waals surface area contributed by atoms with Crippen LogP contribution < -0.4 is 5.73 Å². The summed E-state index contributed by atoms with van der Waals surface area (Å²) in [6.45, 7) is 3.87. The molecule has 0 radical (unpaired) electrons. The van der Waals surface area contributed by atoms with Gasteiger partial charge >= 0.3 is 0 Å². The first kappa shape index (κ1) is 12.1. The summed E-state index contributed by atoms with van der Waals surface area (Å²) in [4.78, 5) is 0. The molecule has 15 heavy (non-hydrogen) atoms. The molecule has 0 bridgehead atoms. The number of aliphatic hydroxyl groups excluding tert-OH is 1. The van der Waals surface area contributed by atoms with E-state index in [1.807, 2.05) is 6.07 Å². The zero-order chi connectivity index (χ0) is 11.4. The number of halogens is 1. The molecule has 0 amide bonds.